The molecule has 4 nitrogen and oxygen atoms in total. The van der Waals surface area contributed by atoms with E-state index in [1.165, 1.54) is 0 Å². The zero-order chi connectivity index (χ0) is 15.9. The molecule has 0 aliphatic rings. The molecule has 1 unspecified atom stereocenters. The topological polar surface area (TPSA) is 66.4 Å². The van der Waals surface area contributed by atoms with Crippen molar-refractivity contribution in [1.29, 1.82) is 0 Å². The van der Waals surface area contributed by atoms with Crippen molar-refractivity contribution in [2.75, 3.05) is 6.61 Å². The van der Waals surface area contributed by atoms with Gasteiger partial charge in [0, 0.05) is 0 Å². The normalized spacial score (nSPS) is 11.2. The van der Waals surface area contributed by atoms with Gasteiger partial charge >= 0.3 is 57.4 Å². The van der Waals surface area contributed by atoms with E-state index in [4.69, 9.17) is 4.74 Å². The van der Waals surface area contributed by atoms with Crippen LogP contribution in [0.1, 0.15) is 12.5 Å². The fraction of sp³-hybridized carbons (Fsp3) is 0.222. The first-order valence-corrected chi connectivity index (χ1v) is 7.13. The molecule has 114 valence electrons. The molecule has 5 heteroatoms. The standard InChI is InChI=1S/C18H18O4.K/c1-2-22-18(21)16(17(19)20)12-13-8-10-15(11-9-13)14-6-4-3-5-7-14;/h3-11,16H,2,12H2,1H3,(H,19,20);/q;+1/p-1. The zero-order valence-electron chi connectivity index (χ0n) is 13.3. The van der Waals surface area contributed by atoms with Crippen molar-refractivity contribution >= 4 is 11.9 Å². The molecule has 0 saturated carbocycles. The number of esters is 1. The van der Waals surface area contributed by atoms with Crippen molar-refractivity contribution in [3.8, 4) is 11.1 Å². The van der Waals surface area contributed by atoms with Gasteiger partial charge in [-0.2, -0.15) is 0 Å². The molecule has 23 heavy (non-hydrogen) atoms. The number of ether oxygens (including phenoxy) is 1. The molecule has 0 aromatic heterocycles. The Kier molecular flexibility index (Phi) is 8.72. The summed E-state index contributed by atoms with van der Waals surface area (Å²) in [5, 5.41) is 11.1. The fourth-order valence-electron chi connectivity index (χ4n) is 2.21. The van der Waals surface area contributed by atoms with Crippen LogP contribution < -0.4 is 56.5 Å². The average Bonchev–Trinajstić information content (AvgIpc) is 2.54. The molecule has 0 aliphatic heterocycles. The number of hydrogen-bond acceptors (Lipinski definition) is 4. The van der Waals surface area contributed by atoms with E-state index in [0.717, 1.165) is 16.7 Å². The van der Waals surface area contributed by atoms with Gasteiger partial charge in [0.1, 0.15) is 5.92 Å². The molecule has 0 radical (unpaired) electrons. The minimum Gasteiger partial charge on any atom is -0.549 e. The van der Waals surface area contributed by atoms with Gasteiger partial charge in [-0.1, -0.05) is 54.6 Å². The van der Waals surface area contributed by atoms with E-state index in [-0.39, 0.29) is 64.4 Å². The minimum absolute atomic E-state index is 0. The van der Waals surface area contributed by atoms with E-state index in [2.05, 4.69) is 0 Å². The number of hydrogen-bond donors (Lipinski definition) is 0. The SMILES string of the molecule is CCOC(=O)C(Cc1ccc(-c2ccccc2)cc1)C(=O)[O-].[K+]. The zero-order valence-corrected chi connectivity index (χ0v) is 16.4. The Hall–Kier alpha value is -0.984. The number of carboxylic acids is 1. The summed E-state index contributed by atoms with van der Waals surface area (Å²) in [4.78, 5) is 22.7. The molecule has 2 rings (SSSR count). The second kappa shape index (κ2) is 10.0. The maximum Gasteiger partial charge on any atom is 1.00 e. The van der Waals surface area contributed by atoms with E-state index < -0.39 is 17.9 Å². The first-order valence-electron chi connectivity index (χ1n) is 7.13. The van der Waals surface area contributed by atoms with E-state index in [1.807, 2.05) is 54.6 Å². The maximum atomic E-state index is 11.6. The van der Waals surface area contributed by atoms with Gasteiger partial charge in [-0.15, -0.1) is 0 Å². The van der Waals surface area contributed by atoms with Crippen LogP contribution in [0.25, 0.3) is 11.1 Å². The summed E-state index contributed by atoms with van der Waals surface area (Å²) < 4.78 is 4.77. The van der Waals surface area contributed by atoms with E-state index in [1.54, 1.807) is 6.92 Å². The predicted octanol–water partition coefficient (Wildman–Crippen LogP) is -1.17. The Morgan fingerprint density at radius 1 is 1.00 bits per heavy atom. The molecule has 1 atom stereocenters. The van der Waals surface area contributed by atoms with Crippen molar-refractivity contribution in [1.82, 2.24) is 0 Å². The van der Waals surface area contributed by atoms with Crippen LogP contribution in [0.4, 0.5) is 0 Å². The van der Waals surface area contributed by atoms with Crippen LogP contribution in [0.5, 0.6) is 0 Å². The van der Waals surface area contributed by atoms with Gasteiger partial charge < -0.3 is 14.6 Å². The molecule has 0 bridgehead atoms. The quantitative estimate of drug-likeness (QED) is 0.379. The summed E-state index contributed by atoms with van der Waals surface area (Å²) in [5.74, 6) is -3.44. The average molecular weight is 336 g/mol. The molecule has 0 aliphatic carbocycles. The molecular weight excluding hydrogens is 319 g/mol. The summed E-state index contributed by atoms with van der Waals surface area (Å²) >= 11 is 0. The molecule has 2 aromatic carbocycles. The number of carboxylic acid groups (broad SMARTS) is 1. The van der Waals surface area contributed by atoms with Crippen molar-refractivity contribution in [2.45, 2.75) is 13.3 Å². The van der Waals surface area contributed by atoms with Gasteiger partial charge in [0.2, 0.25) is 0 Å². The Morgan fingerprint density at radius 2 is 1.57 bits per heavy atom. The van der Waals surface area contributed by atoms with Crippen molar-refractivity contribution in [2.24, 2.45) is 5.92 Å². The molecule has 2 aromatic rings. The maximum absolute atomic E-state index is 11.6. The molecule has 0 amide bonds. The van der Waals surface area contributed by atoms with Gasteiger partial charge in [0.25, 0.3) is 0 Å². The summed E-state index contributed by atoms with van der Waals surface area (Å²) in [6.45, 7) is 1.79. The number of carbonyl (C=O) groups is 2. The van der Waals surface area contributed by atoms with Gasteiger partial charge in [-0.05, 0) is 30.0 Å². The molecular formula is C18H17KO4. The Balaban J connectivity index is 0.00000264. The first-order chi connectivity index (χ1) is 10.6. The molecule has 0 fully saturated rings. The number of aliphatic carboxylic acids is 1. The molecule has 0 saturated heterocycles. The van der Waals surface area contributed by atoms with Gasteiger partial charge in [-0.3, -0.25) is 4.79 Å². The third-order valence-corrected chi connectivity index (χ3v) is 3.36. The monoisotopic (exact) mass is 336 g/mol. The number of rotatable bonds is 6. The fourth-order valence-corrected chi connectivity index (χ4v) is 2.21. The van der Waals surface area contributed by atoms with Crippen molar-refractivity contribution < 1.29 is 70.8 Å². The molecule has 0 N–H and O–H groups in total. The molecule has 0 heterocycles. The van der Waals surface area contributed by atoms with Crippen LogP contribution in [-0.2, 0) is 20.7 Å². The second-order valence-electron chi connectivity index (χ2n) is 4.89. The van der Waals surface area contributed by atoms with E-state index >= 15 is 0 Å². The molecule has 0 spiro atoms. The van der Waals surface area contributed by atoms with Crippen LogP contribution in [0.3, 0.4) is 0 Å². The van der Waals surface area contributed by atoms with Gasteiger partial charge in [0.15, 0.2) is 0 Å². The summed E-state index contributed by atoms with van der Waals surface area (Å²) in [5.41, 5.74) is 2.86. The van der Waals surface area contributed by atoms with Crippen LogP contribution in [0.15, 0.2) is 54.6 Å². The van der Waals surface area contributed by atoms with Gasteiger partial charge in [-0.25, -0.2) is 0 Å². The largest absolute Gasteiger partial charge is 1.00 e. The number of benzene rings is 2. The van der Waals surface area contributed by atoms with Crippen LogP contribution in [0, 0.1) is 5.92 Å². The third kappa shape index (κ3) is 5.86. The predicted molar refractivity (Wildman–Crippen MR) is 80.7 cm³/mol. The smallest absolute Gasteiger partial charge is 0.549 e. The van der Waals surface area contributed by atoms with Crippen LogP contribution in [0.2, 0.25) is 0 Å². The minimum atomic E-state index is -1.41. The summed E-state index contributed by atoms with van der Waals surface area (Å²) in [7, 11) is 0. The van der Waals surface area contributed by atoms with E-state index in [0.29, 0.717) is 0 Å². The van der Waals surface area contributed by atoms with Gasteiger partial charge in [0.05, 0.1) is 12.6 Å². The van der Waals surface area contributed by atoms with Crippen molar-refractivity contribution in [3.63, 3.8) is 0 Å². The van der Waals surface area contributed by atoms with Crippen LogP contribution >= 0.6 is 0 Å². The Labute approximate surface area is 178 Å². The Bertz CT molecular complexity index is 638. The summed E-state index contributed by atoms with van der Waals surface area (Å²) in [6.07, 6.45) is 0.0657. The summed E-state index contributed by atoms with van der Waals surface area (Å²) in [6, 6.07) is 17.3. The Morgan fingerprint density at radius 3 is 2.09 bits per heavy atom. The van der Waals surface area contributed by atoms with Crippen LogP contribution in [-0.4, -0.2) is 18.5 Å². The van der Waals surface area contributed by atoms with Crippen molar-refractivity contribution in [3.05, 3.63) is 60.2 Å². The first kappa shape index (κ1) is 20.1. The second-order valence-corrected chi connectivity index (χ2v) is 4.89. The number of carbonyl (C=O) groups excluding carboxylic acids is 2. The third-order valence-electron chi connectivity index (χ3n) is 3.36. The van der Waals surface area contributed by atoms with E-state index in [9.17, 15) is 14.7 Å².